The quantitative estimate of drug-likeness (QED) is 0.942. The van der Waals surface area contributed by atoms with Crippen LogP contribution in [0.3, 0.4) is 0 Å². The molecule has 1 N–H and O–H groups in total. The van der Waals surface area contributed by atoms with Crippen molar-refractivity contribution in [3.63, 3.8) is 0 Å². The van der Waals surface area contributed by atoms with Gasteiger partial charge in [0.15, 0.2) is 0 Å². The molecule has 3 rings (SSSR count). The van der Waals surface area contributed by atoms with Crippen LogP contribution in [0.1, 0.15) is 24.0 Å². The number of hydrogen-bond acceptors (Lipinski definition) is 3. The van der Waals surface area contributed by atoms with Gasteiger partial charge in [-0.25, -0.2) is 0 Å². The van der Waals surface area contributed by atoms with E-state index in [4.69, 9.17) is 4.74 Å². The summed E-state index contributed by atoms with van der Waals surface area (Å²) in [5, 5.41) is 2.69. The number of hydrogen-bond donors (Lipinski definition) is 1. The lowest BCUT2D eigenvalue weighted by molar-refractivity contribution is -0.124. The number of anilines is 1. The molecule has 2 heterocycles. The van der Waals surface area contributed by atoms with E-state index < -0.39 is 6.10 Å². The highest BCUT2D eigenvalue weighted by atomic mass is 16.5. The molecule has 23 heavy (non-hydrogen) atoms. The molecular weight excluding hydrogens is 292 g/mol. The molecule has 1 aliphatic heterocycles. The monoisotopic (exact) mass is 312 g/mol. The third kappa shape index (κ3) is 3.68. The first-order valence-electron chi connectivity index (χ1n) is 7.81. The summed E-state index contributed by atoms with van der Waals surface area (Å²) in [6.07, 6.45) is 2.87. The molecule has 1 amide bonds. The summed E-state index contributed by atoms with van der Waals surface area (Å²) < 4.78 is 6.94. The SMILES string of the molecule is Cc1ccc(Cn2cccc(NC(=O)[C@H]3CCCO3)c2=O)cc1. The number of nitrogens with one attached hydrogen (secondary N) is 1. The second kappa shape index (κ2) is 6.79. The van der Waals surface area contributed by atoms with Gasteiger partial charge in [-0.2, -0.15) is 0 Å². The van der Waals surface area contributed by atoms with Gasteiger partial charge in [0, 0.05) is 12.8 Å². The highest BCUT2D eigenvalue weighted by Crippen LogP contribution is 2.14. The van der Waals surface area contributed by atoms with Gasteiger partial charge in [-0.3, -0.25) is 9.59 Å². The molecule has 0 radical (unpaired) electrons. The van der Waals surface area contributed by atoms with Gasteiger partial charge in [0.2, 0.25) is 0 Å². The molecule has 0 unspecified atom stereocenters. The van der Waals surface area contributed by atoms with Crippen molar-refractivity contribution in [2.75, 3.05) is 11.9 Å². The van der Waals surface area contributed by atoms with Gasteiger partial charge in [-0.1, -0.05) is 29.8 Å². The number of aromatic nitrogens is 1. The number of carbonyl (C=O) groups excluding carboxylic acids is 1. The average Bonchev–Trinajstić information content (AvgIpc) is 3.08. The van der Waals surface area contributed by atoms with E-state index in [1.54, 1.807) is 22.9 Å². The molecule has 1 atom stereocenters. The Balaban J connectivity index is 1.76. The number of benzene rings is 1. The summed E-state index contributed by atoms with van der Waals surface area (Å²) in [4.78, 5) is 24.6. The van der Waals surface area contributed by atoms with Crippen LogP contribution in [-0.2, 0) is 16.1 Å². The Morgan fingerprint density at radius 3 is 2.78 bits per heavy atom. The van der Waals surface area contributed by atoms with Crippen molar-refractivity contribution in [2.45, 2.75) is 32.4 Å². The van der Waals surface area contributed by atoms with E-state index in [1.807, 2.05) is 31.2 Å². The summed E-state index contributed by atoms with van der Waals surface area (Å²) in [6.45, 7) is 3.10. The van der Waals surface area contributed by atoms with Crippen LogP contribution in [-0.4, -0.2) is 23.2 Å². The summed E-state index contributed by atoms with van der Waals surface area (Å²) in [7, 11) is 0. The molecule has 5 nitrogen and oxygen atoms in total. The molecule has 0 saturated carbocycles. The molecule has 1 aromatic carbocycles. The van der Waals surface area contributed by atoms with Crippen LogP contribution < -0.4 is 10.9 Å². The molecule has 1 aliphatic rings. The Bertz CT molecular complexity index is 744. The molecule has 0 spiro atoms. The summed E-state index contributed by atoms with van der Waals surface area (Å²) in [6, 6.07) is 11.4. The average molecular weight is 312 g/mol. The lowest BCUT2D eigenvalue weighted by Crippen LogP contribution is -2.31. The molecule has 1 saturated heterocycles. The molecule has 0 bridgehead atoms. The van der Waals surface area contributed by atoms with Gasteiger partial charge in [0.1, 0.15) is 11.8 Å². The third-order valence-electron chi connectivity index (χ3n) is 3.97. The third-order valence-corrected chi connectivity index (χ3v) is 3.97. The van der Waals surface area contributed by atoms with E-state index >= 15 is 0 Å². The number of rotatable bonds is 4. The zero-order valence-electron chi connectivity index (χ0n) is 13.1. The van der Waals surface area contributed by atoms with Crippen LogP contribution in [0.2, 0.25) is 0 Å². The zero-order valence-corrected chi connectivity index (χ0v) is 13.1. The minimum absolute atomic E-state index is 0.209. The summed E-state index contributed by atoms with van der Waals surface area (Å²) in [5.41, 5.74) is 2.30. The molecule has 0 aliphatic carbocycles. The van der Waals surface area contributed by atoms with Crippen molar-refractivity contribution in [3.05, 3.63) is 64.1 Å². The number of ether oxygens (including phenoxy) is 1. The van der Waals surface area contributed by atoms with Crippen LogP contribution >= 0.6 is 0 Å². The van der Waals surface area contributed by atoms with Crippen molar-refractivity contribution in [1.29, 1.82) is 0 Å². The molecule has 120 valence electrons. The maximum absolute atomic E-state index is 12.5. The van der Waals surface area contributed by atoms with Gasteiger partial charge in [-0.05, 0) is 37.5 Å². The smallest absolute Gasteiger partial charge is 0.274 e. The van der Waals surface area contributed by atoms with Crippen molar-refractivity contribution < 1.29 is 9.53 Å². The molecule has 1 fully saturated rings. The minimum Gasteiger partial charge on any atom is -0.368 e. The Morgan fingerprint density at radius 2 is 2.09 bits per heavy atom. The van der Waals surface area contributed by atoms with Crippen LogP contribution in [0.25, 0.3) is 0 Å². The van der Waals surface area contributed by atoms with Crippen LogP contribution in [0, 0.1) is 6.92 Å². The Hall–Kier alpha value is -2.40. The second-order valence-corrected chi connectivity index (χ2v) is 5.83. The molecular formula is C18H20N2O3. The van der Waals surface area contributed by atoms with Gasteiger partial charge in [-0.15, -0.1) is 0 Å². The lowest BCUT2D eigenvalue weighted by Gasteiger charge is -2.12. The number of carbonyl (C=O) groups is 1. The highest BCUT2D eigenvalue weighted by molar-refractivity contribution is 5.94. The fraction of sp³-hybridized carbons (Fsp3) is 0.333. The second-order valence-electron chi connectivity index (χ2n) is 5.83. The largest absolute Gasteiger partial charge is 0.368 e. The van der Waals surface area contributed by atoms with E-state index in [2.05, 4.69) is 5.32 Å². The van der Waals surface area contributed by atoms with Crippen LogP contribution in [0.5, 0.6) is 0 Å². The minimum atomic E-state index is -0.444. The fourth-order valence-corrected chi connectivity index (χ4v) is 2.64. The van der Waals surface area contributed by atoms with E-state index in [0.717, 1.165) is 12.0 Å². The van der Waals surface area contributed by atoms with E-state index in [0.29, 0.717) is 25.3 Å². The predicted molar refractivity (Wildman–Crippen MR) is 88.6 cm³/mol. The normalized spacial score (nSPS) is 17.2. The van der Waals surface area contributed by atoms with Crippen LogP contribution in [0.4, 0.5) is 5.69 Å². The molecule has 5 heteroatoms. The number of pyridine rings is 1. The van der Waals surface area contributed by atoms with Gasteiger partial charge >= 0.3 is 0 Å². The maximum atomic E-state index is 12.5. The maximum Gasteiger partial charge on any atom is 0.274 e. The predicted octanol–water partition coefficient (Wildman–Crippen LogP) is 2.32. The van der Waals surface area contributed by atoms with E-state index in [1.165, 1.54) is 5.56 Å². The number of aryl methyl sites for hydroxylation is 1. The van der Waals surface area contributed by atoms with E-state index in [-0.39, 0.29) is 11.5 Å². The van der Waals surface area contributed by atoms with Crippen LogP contribution in [0.15, 0.2) is 47.4 Å². The van der Waals surface area contributed by atoms with Crippen molar-refractivity contribution in [3.8, 4) is 0 Å². The Labute approximate surface area is 134 Å². The number of amides is 1. The Morgan fingerprint density at radius 1 is 1.30 bits per heavy atom. The zero-order chi connectivity index (χ0) is 16.2. The van der Waals surface area contributed by atoms with Crippen molar-refractivity contribution in [2.24, 2.45) is 0 Å². The first-order valence-corrected chi connectivity index (χ1v) is 7.81. The van der Waals surface area contributed by atoms with Gasteiger partial charge in [0.25, 0.3) is 11.5 Å². The number of nitrogens with zero attached hydrogens (tertiary/aromatic N) is 1. The Kier molecular flexibility index (Phi) is 4.57. The summed E-state index contributed by atoms with van der Waals surface area (Å²) >= 11 is 0. The fourth-order valence-electron chi connectivity index (χ4n) is 2.64. The summed E-state index contributed by atoms with van der Waals surface area (Å²) in [5.74, 6) is -0.243. The van der Waals surface area contributed by atoms with Gasteiger partial charge in [0.05, 0.1) is 6.54 Å². The van der Waals surface area contributed by atoms with Crippen molar-refractivity contribution in [1.82, 2.24) is 4.57 Å². The first kappa shape index (κ1) is 15.5. The first-order chi connectivity index (χ1) is 11.1. The topological polar surface area (TPSA) is 60.3 Å². The van der Waals surface area contributed by atoms with Crippen molar-refractivity contribution >= 4 is 11.6 Å². The highest BCUT2D eigenvalue weighted by Gasteiger charge is 2.24. The molecule has 1 aromatic heterocycles. The molecule has 2 aromatic rings. The van der Waals surface area contributed by atoms with E-state index in [9.17, 15) is 9.59 Å². The lowest BCUT2D eigenvalue weighted by atomic mass is 10.1. The van der Waals surface area contributed by atoms with Gasteiger partial charge < -0.3 is 14.6 Å². The standard InChI is InChI=1S/C18H20N2O3/c1-13-6-8-14(9-7-13)12-20-10-2-4-15(18(20)22)19-17(21)16-5-3-11-23-16/h2,4,6-10,16H,3,5,11-12H2,1H3,(H,19,21)/t16-/m1/s1.